The maximum absolute atomic E-state index is 13.1. The fourth-order valence-corrected chi connectivity index (χ4v) is 4.14. The predicted octanol–water partition coefficient (Wildman–Crippen LogP) is 2.87. The van der Waals surface area contributed by atoms with Crippen LogP contribution in [0.1, 0.15) is 42.1 Å². The Morgan fingerprint density at radius 1 is 1.30 bits per heavy atom. The summed E-state index contributed by atoms with van der Waals surface area (Å²) in [5.41, 5.74) is 7.78. The van der Waals surface area contributed by atoms with E-state index in [1.54, 1.807) is 0 Å². The molecule has 0 saturated heterocycles. The molecule has 1 amide bonds. The summed E-state index contributed by atoms with van der Waals surface area (Å²) in [6.07, 6.45) is 0.673. The Labute approximate surface area is 161 Å². The van der Waals surface area contributed by atoms with Gasteiger partial charge in [0.1, 0.15) is 5.82 Å². The molecule has 0 radical (unpaired) electrons. The number of rotatable bonds is 8. The number of thioether (sulfide) groups is 1. The highest BCUT2D eigenvalue weighted by atomic mass is 32.2. The van der Waals surface area contributed by atoms with Crippen molar-refractivity contribution in [1.29, 1.82) is 0 Å². The van der Waals surface area contributed by atoms with E-state index < -0.39 is 0 Å². The number of fused-ring (bicyclic) bond motifs is 1. The largest absolute Gasteiger partial charge is 0.370 e. The number of aryl methyl sites for hydroxylation is 2. The summed E-state index contributed by atoms with van der Waals surface area (Å²) in [6.45, 7) is 6.45. The summed E-state index contributed by atoms with van der Waals surface area (Å²) in [7, 11) is 0. The minimum absolute atomic E-state index is 0.0549. The third-order valence-electron chi connectivity index (χ3n) is 4.50. The molecular weight excluding hydrogens is 362 g/mol. The van der Waals surface area contributed by atoms with Crippen LogP contribution in [0.4, 0.5) is 0 Å². The monoisotopic (exact) mass is 385 g/mol. The lowest BCUT2D eigenvalue weighted by Gasteiger charge is -2.12. The zero-order chi connectivity index (χ0) is 19.6. The number of hydrogen-bond acceptors (Lipinski definition) is 5. The number of hydrogen-bond donors (Lipinski definition) is 2. The lowest BCUT2D eigenvalue weighted by molar-refractivity contribution is -0.118. The second-order valence-corrected chi connectivity index (χ2v) is 7.71. The van der Waals surface area contributed by atoms with Gasteiger partial charge < -0.3 is 15.3 Å². The average molecular weight is 385 g/mol. The van der Waals surface area contributed by atoms with Crippen LogP contribution < -0.4 is 5.73 Å². The number of H-pyrrole nitrogens is 1. The summed E-state index contributed by atoms with van der Waals surface area (Å²) in [5, 5.41) is 9.68. The number of nitrogens with two attached hydrogens (primary N) is 1. The molecule has 3 aromatic rings. The van der Waals surface area contributed by atoms with Gasteiger partial charge in [-0.25, -0.2) is 0 Å². The van der Waals surface area contributed by atoms with Gasteiger partial charge in [0, 0.05) is 41.5 Å². The highest BCUT2D eigenvalue weighted by Crippen LogP contribution is 2.29. The molecule has 0 bridgehead atoms. The normalized spacial score (nSPS) is 12.4. The molecule has 1 atom stereocenters. The third-order valence-corrected chi connectivity index (χ3v) is 5.58. The first-order chi connectivity index (χ1) is 12.9. The van der Waals surface area contributed by atoms with E-state index in [1.807, 2.05) is 49.6 Å². The SMILES string of the molecule is CCn1c(CCC(N)=O)nnc1S[C@H](C)C(=O)c1c(C)[nH]c2ccccc12. The molecule has 0 unspecified atom stereocenters. The second-order valence-electron chi connectivity index (χ2n) is 6.40. The molecule has 3 rings (SSSR count). The molecule has 7 nitrogen and oxygen atoms in total. The van der Waals surface area contributed by atoms with Crippen molar-refractivity contribution in [2.45, 2.75) is 50.6 Å². The Morgan fingerprint density at radius 2 is 2.04 bits per heavy atom. The quantitative estimate of drug-likeness (QED) is 0.458. The number of aromatic nitrogens is 4. The molecule has 0 aliphatic carbocycles. The standard InChI is InChI=1S/C19H23N5O2S/c1-4-24-16(10-9-15(20)25)22-23-19(24)27-12(3)18(26)17-11(2)21-14-8-6-5-7-13(14)17/h5-8,12,21H,4,9-10H2,1-3H3,(H2,20,25)/t12-/m1/s1. The van der Waals surface area contributed by atoms with Crippen LogP contribution in [0, 0.1) is 6.92 Å². The van der Waals surface area contributed by atoms with Gasteiger partial charge in [-0.3, -0.25) is 9.59 Å². The lowest BCUT2D eigenvalue weighted by atomic mass is 10.1. The Hall–Kier alpha value is -2.61. The molecule has 1 aromatic carbocycles. The van der Waals surface area contributed by atoms with Gasteiger partial charge >= 0.3 is 0 Å². The van der Waals surface area contributed by atoms with Crippen LogP contribution in [0.5, 0.6) is 0 Å². The molecule has 0 saturated carbocycles. The van der Waals surface area contributed by atoms with Crippen LogP contribution >= 0.6 is 11.8 Å². The van der Waals surface area contributed by atoms with Crippen LogP contribution in [-0.4, -0.2) is 36.7 Å². The van der Waals surface area contributed by atoms with E-state index in [9.17, 15) is 9.59 Å². The van der Waals surface area contributed by atoms with Crippen molar-refractivity contribution in [3.63, 3.8) is 0 Å². The van der Waals surface area contributed by atoms with E-state index in [2.05, 4.69) is 15.2 Å². The van der Waals surface area contributed by atoms with Crippen molar-refractivity contribution < 1.29 is 9.59 Å². The Morgan fingerprint density at radius 3 is 2.74 bits per heavy atom. The molecule has 27 heavy (non-hydrogen) atoms. The molecule has 0 spiro atoms. The van der Waals surface area contributed by atoms with Crippen molar-refractivity contribution >= 4 is 34.4 Å². The Balaban J connectivity index is 1.82. The maximum atomic E-state index is 13.1. The van der Waals surface area contributed by atoms with Gasteiger partial charge in [-0.15, -0.1) is 10.2 Å². The van der Waals surface area contributed by atoms with Crippen molar-refractivity contribution in [1.82, 2.24) is 19.7 Å². The number of carbonyl (C=O) groups excluding carboxylic acids is 2. The first-order valence-corrected chi connectivity index (χ1v) is 9.78. The number of benzene rings is 1. The van der Waals surface area contributed by atoms with E-state index in [4.69, 9.17) is 5.73 Å². The van der Waals surface area contributed by atoms with Gasteiger partial charge in [-0.1, -0.05) is 30.0 Å². The number of para-hydroxylation sites is 1. The fourth-order valence-electron chi connectivity index (χ4n) is 3.15. The zero-order valence-electron chi connectivity index (χ0n) is 15.7. The highest BCUT2D eigenvalue weighted by molar-refractivity contribution is 8.00. The molecular formula is C19H23N5O2S. The summed E-state index contributed by atoms with van der Waals surface area (Å²) < 4.78 is 1.93. The number of ketones is 1. The molecule has 0 fully saturated rings. The number of amides is 1. The van der Waals surface area contributed by atoms with Crippen LogP contribution in [0.15, 0.2) is 29.4 Å². The number of carbonyl (C=O) groups is 2. The summed E-state index contributed by atoms with van der Waals surface area (Å²) in [5.74, 6) is 0.397. The zero-order valence-corrected chi connectivity index (χ0v) is 16.5. The van der Waals surface area contributed by atoms with Crippen LogP contribution in [0.3, 0.4) is 0 Å². The summed E-state index contributed by atoms with van der Waals surface area (Å²) in [4.78, 5) is 27.4. The van der Waals surface area contributed by atoms with E-state index in [0.29, 0.717) is 23.9 Å². The number of nitrogens with zero attached hydrogens (tertiary/aromatic N) is 3. The van der Waals surface area contributed by atoms with Crippen molar-refractivity contribution in [3.05, 3.63) is 41.3 Å². The number of nitrogens with one attached hydrogen (secondary N) is 1. The van der Waals surface area contributed by atoms with Gasteiger partial charge in [0.25, 0.3) is 0 Å². The van der Waals surface area contributed by atoms with E-state index >= 15 is 0 Å². The topological polar surface area (TPSA) is 107 Å². The maximum Gasteiger partial charge on any atom is 0.217 e. The van der Waals surface area contributed by atoms with Crippen molar-refractivity contribution in [2.24, 2.45) is 5.73 Å². The van der Waals surface area contributed by atoms with Gasteiger partial charge in [-0.05, 0) is 26.8 Å². The predicted molar refractivity (Wildman–Crippen MR) is 106 cm³/mol. The first-order valence-electron chi connectivity index (χ1n) is 8.90. The number of primary amides is 1. The fraction of sp³-hybridized carbons (Fsp3) is 0.368. The molecule has 142 valence electrons. The van der Waals surface area contributed by atoms with Crippen LogP contribution in [0.25, 0.3) is 10.9 Å². The van der Waals surface area contributed by atoms with E-state index in [-0.39, 0.29) is 23.4 Å². The van der Waals surface area contributed by atoms with Crippen molar-refractivity contribution in [2.75, 3.05) is 0 Å². The first kappa shape index (κ1) is 19.2. The average Bonchev–Trinajstić information content (AvgIpc) is 3.18. The Bertz CT molecular complexity index is 991. The van der Waals surface area contributed by atoms with Crippen LogP contribution in [-0.2, 0) is 17.8 Å². The van der Waals surface area contributed by atoms with Gasteiger partial charge in [0.15, 0.2) is 10.9 Å². The summed E-state index contributed by atoms with van der Waals surface area (Å²) >= 11 is 1.38. The minimum atomic E-state index is -0.367. The van der Waals surface area contributed by atoms with Gasteiger partial charge in [-0.2, -0.15) is 0 Å². The smallest absolute Gasteiger partial charge is 0.217 e. The highest BCUT2D eigenvalue weighted by Gasteiger charge is 2.24. The molecule has 8 heteroatoms. The lowest BCUT2D eigenvalue weighted by Crippen LogP contribution is -2.16. The molecule has 0 aliphatic rings. The number of aromatic amines is 1. The molecule has 2 heterocycles. The molecule has 2 aromatic heterocycles. The number of Topliss-reactive ketones (excluding diaryl/α,β-unsaturated/α-hetero) is 1. The van der Waals surface area contributed by atoms with Crippen molar-refractivity contribution in [3.8, 4) is 0 Å². The molecule has 0 aliphatic heterocycles. The third kappa shape index (κ3) is 3.90. The van der Waals surface area contributed by atoms with E-state index in [1.165, 1.54) is 11.8 Å². The summed E-state index contributed by atoms with van der Waals surface area (Å²) in [6, 6.07) is 7.81. The Kier molecular flexibility index (Phi) is 5.65. The van der Waals surface area contributed by atoms with E-state index in [0.717, 1.165) is 22.2 Å². The second kappa shape index (κ2) is 7.96. The molecule has 3 N–H and O–H groups in total. The van der Waals surface area contributed by atoms with Gasteiger partial charge in [0.2, 0.25) is 5.91 Å². The van der Waals surface area contributed by atoms with Crippen LogP contribution in [0.2, 0.25) is 0 Å². The minimum Gasteiger partial charge on any atom is -0.370 e. The van der Waals surface area contributed by atoms with Gasteiger partial charge in [0.05, 0.1) is 5.25 Å².